The van der Waals surface area contributed by atoms with E-state index in [1.807, 2.05) is 14.0 Å². The minimum atomic E-state index is -0.546. The Hall–Kier alpha value is -1.36. The molecule has 0 atom stereocenters. The summed E-state index contributed by atoms with van der Waals surface area (Å²) in [4.78, 5) is 11.7. The van der Waals surface area contributed by atoms with Crippen LogP contribution in [-0.4, -0.2) is 40.8 Å². The molecule has 1 fully saturated rings. The van der Waals surface area contributed by atoms with E-state index in [4.69, 9.17) is 4.98 Å². The van der Waals surface area contributed by atoms with Crippen LogP contribution in [0.3, 0.4) is 0 Å². The maximum absolute atomic E-state index is 10.1. The molecule has 0 aliphatic carbocycles. The van der Waals surface area contributed by atoms with Crippen molar-refractivity contribution in [2.45, 2.75) is 58.5 Å². The van der Waals surface area contributed by atoms with Crippen LogP contribution in [0.15, 0.2) is 0 Å². The van der Waals surface area contributed by atoms with Gasteiger partial charge in [0.2, 0.25) is 0 Å². The molecule has 1 aromatic heterocycles. The standard InChI is InChI=1S/C16H28N4O/c1-11-12(17-6)18-14(15(2,3)4)19-13(11)20-9-7-16(5,21)8-10-20/h21H,7-10H2,1-6H3,(H,17,18,19). The molecular formula is C16H28N4O. The van der Waals surface area contributed by atoms with Gasteiger partial charge < -0.3 is 15.3 Å². The number of hydrogen-bond donors (Lipinski definition) is 2. The Morgan fingerprint density at radius 3 is 2.24 bits per heavy atom. The molecule has 118 valence electrons. The number of hydrogen-bond acceptors (Lipinski definition) is 5. The van der Waals surface area contributed by atoms with Crippen LogP contribution in [0.5, 0.6) is 0 Å². The summed E-state index contributed by atoms with van der Waals surface area (Å²) in [7, 11) is 1.90. The predicted molar refractivity (Wildman–Crippen MR) is 87.1 cm³/mol. The Kier molecular flexibility index (Phi) is 4.15. The van der Waals surface area contributed by atoms with Crippen LogP contribution >= 0.6 is 0 Å². The SMILES string of the molecule is CNc1nc(C(C)(C)C)nc(N2CCC(C)(O)CC2)c1C. The Morgan fingerprint density at radius 2 is 1.76 bits per heavy atom. The van der Waals surface area contributed by atoms with E-state index < -0.39 is 5.60 Å². The van der Waals surface area contributed by atoms with Crippen molar-refractivity contribution in [3.8, 4) is 0 Å². The quantitative estimate of drug-likeness (QED) is 0.877. The third kappa shape index (κ3) is 3.46. The molecule has 1 aromatic rings. The second-order valence-electron chi connectivity index (χ2n) is 7.33. The summed E-state index contributed by atoms with van der Waals surface area (Å²) < 4.78 is 0. The van der Waals surface area contributed by atoms with Gasteiger partial charge >= 0.3 is 0 Å². The highest BCUT2D eigenvalue weighted by Crippen LogP contribution is 2.31. The average Bonchev–Trinajstić information content (AvgIpc) is 2.38. The molecule has 5 nitrogen and oxygen atoms in total. The molecule has 2 N–H and O–H groups in total. The van der Waals surface area contributed by atoms with Gasteiger partial charge in [0.05, 0.1) is 5.60 Å². The number of nitrogens with one attached hydrogen (secondary N) is 1. The topological polar surface area (TPSA) is 61.3 Å². The van der Waals surface area contributed by atoms with Crippen LogP contribution in [0.25, 0.3) is 0 Å². The monoisotopic (exact) mass is 292 g/mol. The Labute approximate surface area is 127 Å². The van der Waals surface area contributed by atoms with Crippen LogP contribution in [0.2, 0.25) is 0 Å². The lowest BCUT2D eigenvalue weighted by atomic mass is 9.93. The largest absolute Gasteiger partial charge is 0.390 e. The summed E-state index contributed by atoms with van der Waals surface area (Å²) in [6.07, 6.45) is 1.55. The van der Waals surface area contributed by atoms with Gasteiger partial charge in [0.1, 0.15) is 17.5 Å². The molecule has 0 bridgehead atoms. The molecular weight excluding hydrogens is 264 g/mol. The van der Waals surface area contributed by atoms with Gasteiger partial charge in [0.15, 0.2) is 0 Å². The maximum atomic E-state index is 10.1. The predicted octanol–water partition coefficient (Wildman–Crippen LogP) is 2.48. The normalized spacial score (nSPS) is 18.7. The highest BCUT2D eigenvalue weighted by atomic mass is 16.3. The van der Waals surface area contributed by atoms with Crippen LogP contribution in [-0.2, 0) is 5.41 Å². The molecule has 0 aromatic carbocycles. The summed E-state index contributed by atoms with van der Waals surface area (Å²) >= 11 is 0. The zero-order chi connectivity index (χ0) is 15.8. The summed E-state index contributed by atoms with van der Waals surface area (Å²) in [5.74, 6) is 2.74. The average molecular weight is 292 g/mol. The number of piperidine rings is 1. The van der Waals surface area contributed by atoms with Gasteiger partial charge in [-0.1, -0.05) is 20.8 Å². The van der Waals surface area contributed by atoms with E-state index in [1.54, 1.807) is 0 Å². The summed E-state index contributed by atoms with van der Waals surface area (Å²) in [5.41, 5.74) is 0.442. The second-order valence-corrected chi connectivity index (χ2v) is 7.33. The molecule has 0 amide bonds. The fraction of sp³-hybridized carbons (Fsp3) is 0.750. The van der Waals surface area contributed by atoms with Gasteiger partial charge in [-0.25, -0.2) is 9.97 Å². The van der Waals surface area contributed by atoms with Gasteiger partial charge in [-0.15, -0.1) is 0 Å². The van der Waals surface area contributed by atoms with Crippen molar-refractivity contribution in [3.63, 3.8) is 0 Å². The van der Waals surface area contributed by atoms with Gasteiger partial charge in [-0.3, -0.25) is 0 Å². The Morgan fingerprint density at radius 1 is 1.19 bits per heavy atom. The third-order valence-electron chi connectivity index (χ3n) is 4.17. The highest BCUT2D eigenvalue weighted by Gasteiger charge is 2.30. The van der Waals surface area contributed by atoms with Crippen molar-refractivity contribution in [3.05, 3.63) is 11.4 Å². The van der Waals surface area contributed by atoms with Gasteiger partial charge in [-0.05, 0) is 26.7 Å². The van der Waals surface area contributed by atoms with Gasteiger partial charge in [-0.2, -0.15) is 0 Å². The van der Waals surface area contributed by atoms with Crippen molar-refractivity contribution in [2.75, 3.05) is 30.4 Å². The van der Waals surface area contributed by atoms with Crippen molar-refractivity contribution >= 4 is 11.6 Å². The van der Waals surface area contributed by atoms with E-state index in [9.17, 15) is 5.11 Å². The second kappa shape index (κ2) is 5.44. The van der Waals surface area contributed by atoms with Gasteiger partial charge in [0, 0.05) is 31.1 Å². The van der Waals surface area contributed by atoms with Crippen molar-refractivity contribution in [1.29, 1.82) is 0 Å². The molecule has 1 aliphatic heterocycles. The van der Waals surface area contributed by atoms with E-state index >= 15 is 0 Å². The van der Waals surface area contributed by atoms with Crippen molar-refractivity contribution in [2.24, 2.45) is 0 Å². The molecule has 2 rings (SSSR count). The van der Waals surface area contributed by atoms with E-state index in [0.717, 1.165) is 49.0 Å². The third-order valence-corrected chi connectivity index (χ3v) is 4.17. The minimum absolute atomic E-state index is 0.0880. The molecule has 5 heteroatoms. The summed E-state index contributed by atoms with van der Waals surface area (Å²) in [5, 5.41) is 13.3. The fourth-order valence-electron chi connectivity index (χ4n) is 2.59. The molecule has 21 heavy (non-hydrogen) atoms. The molecule has 0 radical (unpaired) electrons. The minimum Gasteiger partial charge on any atom is -0.390 e. The van der Waals surface area contributed by atoms with E-state index in [-0.39, 0.29) is 5.41 Å². The molecule has 0 saturated carbocycles. The molecule has 0 spiro atoms. The first-order chi connectivity index (χ1) is 9.64. The summed E-state index contributed by atoms with van der Waals surface area (Å²) in [6, 6.07) is 0. The molecule has 0 unspecified atom stereocenters. The maximum Gasteiger partial charge on any atom is 0.138 e. The first-order valence-corrected chi connectivity index (χ1v) is 7.68. The number of aromatic nitrogens is 2. The van der Waals surface area contributed by atoms with Gasteiger partial charge in [0.25, 0.3) is 0 Å². The lowest BCUT2D eigenvalue weighted by molar-refractivity contribution is 0.0350. The zero-order valence-corrected chi connectivity index (χ0v) is 14.1. The number of anilines is 2. The van der Waals surface area contributed by atoms with E-state index in [1.165, 1.54) is 0 Å². The first-order valence-electron chi connectivity index (χ1n) is 7.68. The van der Waals surface area contributed by atoms with E-state index in [0.29, 0.717) is 0 Å². The smallest absolute Gasteiger partial charge is 0.138 e. The van der Waals surface area contributed by atoms with Crippen LogP contribution < -0.4 is 10.2 Å². The lowest BCUT2D eigenvalue weighted by Gasteiger charge is -2.37. The zero-order valence-electron chi connectivity index (χ0n) is 14.1. The Balaban J connectivity index is 2.39. The van der Waals surface area contributed by atoms with Crippen LogP contribution in [0, 0.1) is 6.92 Å². The number of nitrogens with zero attached hydrogens (tertiary/aromatic N) is 3. The number of aliphatic hydroxyl groups is 1. The fourth-order valence-corrected chi connectivity index (χ4v) is 2.59. The lowest BCUT2D eigenvalue weighted by Crippen LogP contribution is -2.43. The molecule has 1 saturated heterocycles. The molecule has 2 heterocycles. The highest BCUT2D eigenvalue weighted by molar-refractivity contribution is 5.59. The number of rotatable bonds is 2. The first kappa shape index (κ1) is 16.0. The molecule has 1 aliphatic rings. The van der Waals surface area contributed by atoms with Crippen molar-refractivity contribution in [1.82, 2.24) is 9.97 Å². The van der Waals surface area contributed by atoms with Crippen LogP contribution in [0.1, 0.15) is 51.9 Å². The Bertz CT molecular complexity index is 510. The van der Waals surface area contributed by atoms with Crippen LogP contribution in [0.4, 0.5) is 11.6 Å². The summed E-state index contributed by atoms with van der Waals surface area (Å²) in [6.45, 7) is 12.0. The van der Waals surface area contributed by atoms with E-state index in [2.05, 4.69) is 42.9 Å². The van der Waals surface area contributed by atoms with Crippen molar-refractivity contribution < 1.29 is 5.11 Å².